The fourth-order valence-electron chi connectivity index (χ4n) is 5.57. The van der Waals surface area contributed by atoms with Crippen LogP contribution in [0.5, 0.6) is 0 Å². The molecule has 0 spiro atoms. The maximum absolute atomic E-state index is 13.2. The Labute approximate surface area is 200 Å². The smallest absolute Gasteiger partial charge is 0.228 e. The van der Waals surface area contributed by atoms with Crippen molar-refractivity contribution in [3.8, 4) is 0 Å². The van der Waals surface area contributed by atoms with Gasteiger partial charge in [-0.1, -0.05) is 18.2 Å². The predicted octanol–water partition coefficient (Wildman–Crippen LogP) is 1.56. The van der Waals surface area contributed by atoms with Crippen LogP contribution >= 0.6 is 0 Å². The third kappa shape index (κ3) is 4.19. The monoisotopic (exact) mass is 485 g/mol. The van der Waals surface area contributed by atoms with E-state index in [2.05, 4.69) is 10.00 Å². The standard InChI is InChI=1S/C24H31N5O4S/c1-17-23(18(2)29(25-17)21-8-13-34(32,33)16-21)26-9-11-27(12-10-26)24(31)19-14-22(30)28(15-19)20-6-4-3-5-7-20/h3-7,19,21H,8-16H2,1-2H3. The van der Waals surface area contributed by atoms with Crippen LogP contribution in [0, 0.1) is 19.8 Å². The Morgan fingerprint density at radius 1 is 1.06 bits per heavy atom. The Morgan fingerprint density at radius 2 is 1.76 bits per heavy atom. The summed E-state index contributed by atoms with van der Waals surface area (Å²) in [6.45, 7) is 6.95. The summed E-state index contributed by atoms with van der Waals surface area (Å²) in [6.07, 6.45) is 0.856. The van der Waals surface area contributed by atoms with Crippen molar-refractivity contribution < 1.29 is 18.0 Å². The molecule has 2 amide bonds. The maximum atomic E-state index is 13.2. The number of benzene rings is 1. The first-order valence-electron chi connectivity index (χ1n) is 11.9. The maximum Gasteiger partial charge on any atom is 0.228 e. The third-order valence-corrected chi connectivity index (χ3v) is 9.04. The average molecular weight is 486 g/mol. The van der Waals surface area contributed by atoms with Gasteiger partial charge in [0.1, 0.15) is 0 Å². The van der Waals surface area contributed by atoms with Crippen molar-refractivity contribution in [2.75, 3.05) is 54.0 Å². The van der Waals surface area contributed by atoms with Crippen LogP contribution in [0.15, 0.2) is 30.3 Å². The molecule has 3 aliphatic rings. The van der Waals surface area contributed by atoms with Crippen molar-refractivity contribution in [2.24, 2.45) is 5.92 Å². The van der Waals surface area contributed by atoms with E-state index in [9.17, 15) is 18.0 Å². The number of carbonyl (C=O) groups excluding carboxylic acids is 2. The predicted molar refractivity (Wildman–Crippen MR) is 130 cm³/mol. The summed E-state index contributed by atoms with van der Waals surface area (Å²) in [5, 5.41) is 4.68. The van der Waals surface area contributed by atoms with Crippen molar-refractivity contribution in [2.45, 2.75) is 32.7 Å². The first-order chi connectivity index (χ1) is 16.2. The van der Waals surface area contributed by atoms with Crippen molar-refractivity contribution in [3.63, 3.8) is 0 Å². The number of nitrogens with zero attached hydrogens (tertiary/aromatic N) is 5. The number of piperazine rings is 1. The molecule has 3 fully saturated rings. The van der Waals surface area contributed by atoms with Crippen LogP contribution in [0.2, 0.25) is 0 Å². The first kappa shape index (κ1) is 22.9. The topological polar surface area (TPSA) is 95.8 Å². The molecule has 1 aromatic carbocycles. The number of anilines is 2. The molecule has 3 aliphatic heterocycles. The molecule has 9 nitrogen and oxygen atoms in total. The number of hydrogen-bond acceptors (Lipinski definition) is 6. The number of carbonyl (C=O) groups is 2. The molecule has 0 aliphatic carbocycles. The van der Waals surface area contributed by atoms with E-state index in [1.54, 1.807) is 4.90 Å². The van der Waals surface area contributed by atoms with Gasteiger partial charge >= 0.3 is 0 Å². The number of para-hydroxylation sites is 1. The third-order valence-electron chi connectivity index (χ3n) is 7.29. The highest BCUT2D eigenvalue weighted by molar-refractivity contribution is 7.91. The van der Waals surface area contributed by atoms with E-state index < -0.39 is 9.84 Å². The molecule has 10 heteroatoms. The van der Waals surface area contributed by atoms with Gasteiger partial charge in [0.15, 0.2) is 9.84 Å². The molecule has 2 unspecified atom stereocenters. The minimum absolute atomic E-state index is 0.00391. The van der Waals surface area contributed by atoms with Crippen LogP contribution in [0.3, 0.4) is 0 Å². The molecule has 4 heterocycles. The van der Waals surface area contributed by atoms with Crippen LogP contribution in [0.4, 0.5) is 11.4 Å². The SMILES string of the molecule is Cc1nn(C2CCS(=O)(=O)C2)c(C)c1N1CCN(C(=O)C2CC(=O)N(c3ccccc3)C2)CC1. The largest absolute Gasteiger partial charge is 0.365 e. The lowest BCUT2D eigenvalue weighted by atomic mass is 10.1. The summed E-state index contributed by atoms with van der Waals surface area (Å²) in [7, 11) is -2.99. The minimum atomic E-state index is -2.99. The zero-order valence-electron chi connectivity index (χ0n) is 19.7. The fourth-order valence-corrected chi connectivity index (χ4v) is 7.27. The van der Waals surface area contributed by atoms with Crippen LogP contribution < -0.4 is 9.80 Å². The summed E-state index contributed by atoms with van der Waals surface area (Å²) >= 11 is 0. The average Bonchev–Trinajstić information content (AvgIpc) is 3.48. The Morgan fingerprint density at radius 3 is 2.41 bits per heavy atom. The second kappa shape index (κ2) is 8.72. The van der Waals surface area contributed by atoms with Crippen molar-refractivity contribution >= 4 is 33.0 Å². The van der Waals surface area contributed by atoms with Crippen molar-refractivity contribution in [3.05, 3.63) is 41.7 Å². The molecule has 0 bridgehead atoms. The summed E-state index contributed by atoms with van der Waals surface area (Å²) < 4.78 is 25.8. The van der Waals surface area contributed by atoms with Crippen LogP contribution in [0.25, 0.3) is 0 Å². The van der Waals surface area contributed by atoms with Crippen molar-refractivity contribution in [1.82, 2.24) is 14.7 Å². The summed E-state index contributed by atoms with van der Waals surface area (Å²) in [4.78, 5) is 31.6. The Bertz CT molecular complexity index is 1200. The van der Waals surface area contributed by atoms with Crippen LogP contribution in [0.1, 0.15) is 30.3 Å². The van der Waals surface area contributed by atoms with Gasteiger partial charge < -0.3 is 14.7 Å². The molecular weight excluding hydrogens is 454 g/mol. The van der Waals surface area contributed by atoms with Gasteiger partial charge in [0.2, 0.25) is 11.8 Å². The highest BCUT2D eigenvalue weighted by Crippen LogP contribution is 2.32. The van der Waals surface area contributed by atoms with Gasteiger partial charge in [0, 0.05) is 44.8 Å². The van der Waals surface area contributed by atoms with Gasteiger partial charge in [-0.15, -0.1) is 0 Å². The van der Waals surface area contributed by atoms with E-state index >= 15 is 0 Å². The number of sulfone groups is 1. The molecule has 34 heavy (non-hydrogen) atoms. The van der Waals surface area contributed by atoms with E-state index in [1.165, 1.54) is 0 Å². The second-order valence-corrected chi connectivity index (χ2v) is 11.8. The quantitative estimate of drug-likeness (QED) is 0.652. The molecule has 0 saturated carbocycles. The highest BCUT2D eigenvalue weighted by Gasteiger charge is 2.38. The van der Waals surface area contributed by atoms with E-state index in [0.29, 0.717) is 39.1 Å². The first-order valence-corrected chi connectivity index (χ1v) is 13.7. The lowest BCUT2D eigenvalue weighted by Gasteiger charge is -2.37. The Balaban J connectivity index is 1.23. The number of rotatable bonds is 4. The summed E-state index contributed by atoms with van der Waals surface area (Å²) in [5.74, 6) is 0.103. The van der Waals surface area contributed by atoms with Gasteiger partial charge in [0.05, 0.1) is 40.5 Å². The number of amides is 2. The van der Waals surface area contributed by atoms with E-state index in [4.69, 9.17) is 0 Å². The van der Waals surface area contributed by atoms with Crippen molar-refractivity contribution in [1.29, 1.82) is 0 Å². The Hall–Kier alpha value is -2.88. The number of aromatic nitrogens is 2. The van der Waals surface area contributed by atoms with Gasteiger partial charge in [-0.05, 0) is 32.4 Å². The zero-order chi connectivity index (χ0) is 24.0. The Kier molecular flexibility index (Phi) is 5.87. The molecule has 182 valence electrons. The molecule has 2 atom stereocenters. The number of aryl methyl sites for hydroxylation is 1. The lowest BCUT2D eigenvalue weighted by molar-refractivity contribution is -0.136. The fraction of sp³-hybridized carbons (Fsp3) is 0.542. The van der Waals surface area contributed by atoms with Crippen LogP contribution in [-0.2, 0) is 19.4 Å². The molecule has 5 rings (SSSR count). The van der Waals surface area contributed by atoms with Gasteiger partial charge in [0.25, 0.3) is 0 Å². The zero-order valence-corrected chi connectivity index (χ0v) is 20.5. The molecular formula is C24H31N5O4S. The summed E-state index contributed by atoms with van der Waals surface area (Å²) in [5.41, 5.74) is 3.76. The molecule has 0 radical (unpaired) electrons. The normalized spacial score (nSPS) is 24.8. The van der Waals surface area contributed by atoms with Gasteiger partial charge in [-0.25, -0.2) is 8.42 Å². The molecule has 2 aromatic rings. The minimum Gasteiger partial charge on any atom is -0.365 e. The van der Waals surface area contributed by atoms with Crippen LogP contribution in [-0.4, -0.2) is 79.1 Å². The van der Waals surface area contributed by atoms with Gasteiger partial charge in [-0.2, -0.15) is 5.10 Å². The number of hydrogen-bond donors (Lipinski definition) is 0. The van der Waals surface area contributed by atoms with E-state index in [0.717, 1.165) is 22.8 Å². The molecule has 0 N–H and O–H groups in total. The highest BCUT2D eigenvalue weighted by atomic mass is 32.2. The molecule has 3 saturated heterocycles. The summed E-state index contributed by atoms with van der Waals surface area (Å²) in [6, 6.07) is 9.40. The molecule has 1 aromatic heterocycles. The second-order valence-electron chi connectivity index (χ2n) is 9.57. The van der Waals surface area contributed by atoms with Gasteiger partial charge in [-0.3, -0.25) is 14.3 Å². The van der Waals surface area contributed by atoms with E-state index in [1.807, 2.05) is 53.8 Å². The lowest BCUT2D eigenvalue weighted by Crippen LogP contribution is -2.51. The van der Waals surface area contributed by atoms with E-state index in [-0.39, 0.29) is 41.7 Å².